The quantitative estimate of drug-likeness (QED) is 0.843. The molecule has 1 spiro atoms. The number of carbonyl (C=O) groups excluding carboxylic acids is 2. The number of aryl methyl sites for hydroxylation is 1. The lowest BCUT2D eigenvalue weighted by Crippen LogP contribution is -2.53. The lowest BCUT2D eigenvalue weighted by atomic mass is 9.78. The Hall–Kier alpha value is -2.86. The van der Waals surface area contributed by atoms with Crippen LogP contribution in [0.15, 0.2) is 42.5 Å². The number of benzene rings is 2. The van der Waals surface area contributed by atoms with E-state index in [4.69, 9.17) is 4.74 Å². The Balaban J connectivity index is 1.55. The van der Waals surface area contributed by atoms with E-state index in [1.54, 1.807) is 7.11 Å². The van der Waals surface area contributed by atoms with Gasteiger partial charge in [-0.05, 0) is 63.1 Å². The van der Waals surface area contributed by atoms with Crippen molar-refractivity contribution in [1.82, 2.24) is 4.90 Å². The first-order valence-electron chi connectivity index (χ1n) is 10.2. The molecule has 150 valence electrons. The fourth-order valence-corrected chi connectivity index (χ4v) is 5.44. The van der Waals surface area contributed by atoms with Gasteiger partial charge < -0.3 is 15.4 Å². The zero-order chi connectivity index (χ0) is 20.2. The van der Waals surface area contributed by atoms with Gasteiger partial charge in [-0.1, -0.05) is 17.7 Å². The van der Waals surface area contributed by atoms with Crippen molar-refractivity contribution in [3.05, 3.63) is 53.6 Å². The molecule has 3 aliphatic heterocycles. The molecule has 2 fully saturated rings. The summed E-state index contributed by atoms with van der Waals surface area (Å²) in [6.07, 6.45) is 2.79. The molecule has 3 aliphatic rings. The van der Waals surface area contributed by atoms with E-state index in [1.165, 1.54) is 0 Å². The fraction of sp³-hybridized carbons (Fsp3) is 0.391. The van der Waals surface area contributed by atoms with Crippen molar-refractivity contribution in [3.63, 3.8) is 0 Å². The van der Waals surface area contributed by atoms with E-state index >= 15 is 0 Å². The second-order valence-corrected chi connectivity index (χ2v) is 8.27. The van der Waals surface area contributed by atoms with Crippen molar-refractivity contribution < 1.29 is 14.3 Å². The van der Waals surface area contributed by atoms with Crippen LogP contribution in [-0.4, -0.2) is 36.4 Å². The van der Waals surface area contributed by atoms with Crippen LogP contribution in [0.1, 0.15) is 30.4 Å². The Morgan fingerprint density at radius 2 is 2.03 bits per heavy atom. The Morgan fingerprint density at radius 3 is 2.79 bits per heavy atom. The summed E-state index contributed by atoms with van der Waals surface area (Å²) in [5, 5.41) is 6.10. The minimum atomic E-state index is -0.918. The summed E-state index contributed by atoms with van der Waals surface area (Å²) in [6, 6.07) is 13.6. The summed E-state index contributed by atoms with van der Waals surface area (Å²) in [7, 11) is 1.61. The number of amides is 2. The fourth-order valence-electron chi connectivity index (χ4n) is 5.44. The first-order valence-corrected chi connectivity index (χ1v) is 10.2. The highest BCUT2D eigenvalue weighted by Crippen LogP contribution is 2.55. The molecular formula is C23H25N3O3. The summed E-state index contributed by atoms with van der Waals surface area (Å²) < 4.78 is 5.19. The normalized spacial score (nSPS) is 27.6. The van der Waals surface area contributed by atoms with Crippen molar-refractivity contribution in [2.75, 3.05) is 24.3 Å². The van der Waals surface area contributed by atoms with Crippen LogP contribution >= 0.6 is 0 Å². The largest absolute Gasteiger partial charge is 0.497 e. The molecule has 0 saturated carbocycles. The highest BCUT2D eigenvalue weighted by molar-refractivity contribution is 6.10. The van der Waals surface area contributed by atoms with Crippen LogP contribution in [0.2, 0.25) is 0 Å². The van der Waals surface area contributed by atoms with E-state index in [-0.39, 0.29) is 17.9 Å². The molecule has 3 heterocycles. The van der Waals surface area contributed by atoms with Gasteiger partial charge in [-0.15, -0.1) is 0 Å². The zero-order valence-electron chi connectivity index (χ0n) is 16.7. The summed E-state index contributed by atoms with van der Waals surface area (Å²) in [5.74, 6) is 0.130. The number of hydrogen-bond donors (Lipinski definition) is 2. The number of nitrogens with zero attached hydrogens (tertiary/aromatic N) is 1. The third-order valence-electron chi connectivity index (χ3n) is 6.70. The molecular weight excluding hydrogens is 366 g/mol. The highest BCUT2D eigenvalue weighted by Gasteiger charge is 2.65. The van der Waals surface area contributed by atoms with Gasteiger partial charge in [0.15, 0.2) is 0 Å². The maximum Gasteiger partial charge on any atom is 0.250 e. The number of carbonyl (C=O) groups is 2. The number of anilines is 2. The second kappa shape index (κ2) is 6.59. The number of ether oxygens (including phenoxy) is 1. The Morgan fingerprint density at radius 1 is 1.24 bits per heavy atom. The number of methoxy groups -OCH3 is 1. The van der Waals surface area contributed by atoms with E-state index in [0.29, 0.717) is 12.1 Å². The molecule has 2 aromatic rings. The van der Waals surface area contributed by atoms with E-state index in [0.717, 1.165) is 42.0 Å². The highest BCUT2D eigenvalue weighted by atomic mass is 16.5. The molecule has 6 nitrogen and oxygen atoms in total. The molecule has 5 rings (SSSR count). The van der Waals surface area contributed by atoms with E-state index in [9.17, 15) is 9.59 Å². The Bertz CT molecular complexity index is 987. The van der Waals surface area contributed by atoms with E-state index in [1.807, 2.05) is 43.3 Å². The van der Waals surface area contributed by atoms with Gasteiger partial charge in [-0.25, -0.2) is 0 Å². The van der Waals surface area contributed by atoms with Crippen molar-refractivity contribution >= 4 is 23.2 Å². The van der Waals surface area contributed by atoms with Crippen molar-refractivity contribution in [2.45, 2.75) is 37.8 Å². The topological polar surface area (TPSA) is 70.7 Å². The second-order valence-electron chi connectivity index (χ2n) is 8.27. The van der Waals surface area contributed by atoms with Crippen LogP contribution in [0.3, 0.4) is 0 Å². The van der Waals surface area contributed by atoms with Gasteiger partial charge in [0.25, 0.3) is 0 Å². The van der Waals surface area contributed by atoms with E-state index in [2.05, 4.69) is 21.6 Å². The standard InChI is InChI=1S/C23H25N3O3/c1-14-5-10-20-18(12-14)23(22(28)25-20)19(13-16-4-3-11-26(16)23)21(27)24-15-6-8-17(29-2)9-7-15/h5-10,12,16,19H,3-4,11,13H2,1-2H3,(H,24,27)(H,25,28)/t16-,19+,23-/m1/s1. The average molecular weight is 391 g/mol. The number of fused-ring (bicyclic) bond motifs is 4. The number of rotatable bonds is 3. The molecule has 2 aromatic carbocycles. The number of hydrogen-bond acceptors (Lipinski definition) is 4. The molecule has 2 N–H and O–H groups in total. The summed E-state index contributed by atoms with van der Waals surface area (Å²) >= 11 is 0. The Kier molecular flexibility index (Phi) is 4.13. The molecule has 6 heteroatoms. The molecule has 0 radical (unpaired) electrons. The predicted octanol–water partition coefficient (Wildman–Crippen LogP) is 3.27. The molecule has 2 amide bonds. The lowest BCUT2D eigenvalue weighted by Gasteiger charge is -2.36. The molecule has 29 heavy (non-hydrogen) atoms. The third kappa shape index (κ3) is 2.59. The summed E-state index contributed by atoms with van der Waals surface area (Å²) in [5.41, 5.74) is 2.66. The minimum Gasteiger partial charge on any atom is -0.497 e. The maximum absolute atomic E-state index is 13.5. The van der Waals surface area contributed by atoms with Crippen LogP contribution in [0.25, 0.3) is 0 Å². The van der Waals surface area contributed by atoms with Gasteiger partial charge in [0, 0.05) is 23.0 Å². The molecule has 0 aromatic heterocycles. The lowest BCUT2D eigenvalue weighted by molar-refractivity contribution is -0.135. The van der Waals surface area contributed by atoms with Crippen LogP contribution in [0.5, 0.6) is 5.75 Å². The SMILES string of the molecule is COc1ccc(NC(=O)[C@@H]2C[C@H]3CCCN3[C@@]23C(=O)Nc2ccc(C)cc23)cc1. The van der Waals surface area contributed by atoms with Crippen molar-refractivity contribution in [2.24, 2.45) is 5.92 Å². The number of nitrogens with one attached hydrogen (secondary N) is 2. The van der Waals surface area contributed by atoms with Gasteiger partial charge >= 0.3 is 0 Å². The summed E-state index contributed by atoms with van der Waals surface area (Å²) in [4.78, 5) is 29.1. The van der Waals surface area contributed by atoms with Gasteiger partial charge in [0.2, 0.25) is 11.8 Å². The molecule has 3 atom stereocenters. The van der Waals surface area contributed by atoms with Crippen LogP contribution in [0, 0.1) is 12.8 Å². The van der Waals surface area contributed by atoms with Crippen LogP contribution in [-0.2, 0) is 15.1 Å². The van der Waals surface area contributed by atoms with Gasteiger partial charge in [0.05, 0.1) is 13.0 Å². The van der Waals surface area contributed by atoms with Crippen molar-refractivity contribution in [3.8, 4) is 5.75 Å². The molecule has 2 saturated heterocycles. The van der Waals surface area contributed by atoms with Gasteiger partial charge in [-0.2, -0.15) is 0 Å². The third-order valence-corrected chi connectivity index (χ3v) is 6.70. The van der Waals surface area contributed by atoms with Crippen LogP contribution in [0.4, 0.5) is 11.4 Å². The van der Waals surface area contributed by atoms with Gasteiger partial charge in [0.1, 0.15) is 11.3 Å². The first-order chi connectivity index (χ1) is 14.0. The molecule has 0 aliphatic carbocycles. The Labute approximate surface area is 170 Å². The molecule has 0 unspecified atom stereocenters. The first kappa shape index (κ1) is 18.2. The summed E-state index contributed by atoms with van der Waals surface area (Å²) in [6.45, 7) is 2.87. The zero-order valence-corrected chi connectivity index (χ0v) is 16.7. The van der Waals surface area contributed by atoms with Gasteiger partial charge in [-0.3, -0.25) is 14.5 Å². The minimum absolute atomic E-state index is 0.0719. The van der Waals surface area contributed by atoms with Crippen LogP contribution < -0.4 is 15.4 Å². The predicted molar refractivity (Wildman–Crippen MR) is 111 cm³/mol. The van der Waals surface area contributed by atoms with E-state index < -0.39 is 11.5 Å². The smallest absolute Gasteiger partial charge is 0.250 e. The monoisotopic (exact) mass is 391 g/mol. The average Bonchev–Trinajstić information content (AvgIpc) is 3.37. The maximum atomic E-state index is 13.5. The van der Waals surface area contributed by atoms with Crippen molar-refractivity contribution in [1.29, 1.82) is 0 Å². The molecule has 0 bridgehead atoms.